The van der Waals surface area contributed by atoms with Crippen molar-refractivity contribution < 1.29 is 0 Å². The number of para-hydroxylation sites is 2. The maximum Gasteiger partial charge on any atom is 0.191 e. The lowest BCUT2D eigenvalue weighted by Gasteiger charge is -2.27. The number of guanidine groups is 1. The van der Waals surface area contributed by atoms with Crippen molar-refractivity contribution in [2.45, 2.75) is 32.4 Å². The van der Waals surface area contributed by atoms with Crippen molar-refractivity contribution in [3.63, 3.8) is 0 Å². The van der Waals surface area contributed by atoms with E-state index in [1.807, 2.05) is 29.5 Å². The number of hydrogen-bond acceptors (Lipinski definition) is 4. The topological polar surface area (TPSA) is 57.5 Å². The predicted octanol–water partition coefficient (Wildman–Crippen LogP) is 3.53. The quantitative estimate of drug-likeness (QED) is 0.462. The van der Waals surface area contributed by atoms with Gasteiger partial charge in [-0.05, 0) is 56.4 Å². The van der Waals surface area contributed by atoms with Crippen molar-refractivity contribution in [3.8, 4) is 0 Å². The zero-order valence-electron chi connectivity index (χ0n) is 17.3. The molecule has 3 aromatic rings. The molecule has 3 heterocycles. The predicted molar refractivity (Wildman–Crippen MR) is 121 cm³/mol. The molecule has 1 saturated heterocycles. The number of fused-ring (bicyclic) bond motifs is 1. The fourth-order valence-electron chi connectivity index (χ4n) is 3.97. The van der Waals surface area contributed by atoms with Gasteiger partial charge >= 0.3 is 0 Å². The maximum atomic E-state index is 4.82. The number of aliphatic imine (C=N–C) groups is 1. The standard InChI is InChI=1S/C22H30N6S/c1-3-23-22(25-16-21-26-17-9-4-5-10-18(17)27(21)2)24-15-19(20-11-8-14-29-20)28-12-6-7-13-28/h4-5,8-11,14,19H,3,6-7,12-13,15-16H2,1-2H3,(H2,23,24,25). The molecule has 1 aromatic carbocycles. The molecule has 2 aromatic heterocycles. The number of rotatable bonds is 7. The highest BCUT2D eigenvalue weighted by atomic mass is 32.1. The lowest BCUT2D eigenvalue weighted by Crippen LogP contribution is -2.42. The van der Waals surface area contributed by atoms with Crippen LogP contribution in [0, 0.1) is 0 Å². The van der Waals surface area contributed by atoms with E-state index in [4.69, 9.17) is 9.98 Å². The molecule has 7 heteroatoms. The molecule has 1 atom stereocenters. The van der Waals surface area contributed by atoms with Gasteiger partial charge in [-0.2, -0.15) is 0 Å². The molecule has 6 nitrogen and oxygen atoms in total. The first kappa shape index (κ1) is 19.9. The minimum absolute atomic E-state index is 0.400. The SMILES string of the molecule is CCNC(=NCc1nc2ccccc2n1C)NCC(c1cccs1)N1CCCC1. The van der Waals surface area contributed by atoms with Crippen LogP contribution in [0.1, 0.15) is 36.5 Å². The largest absolute Gasteiger partial charge is 0.357 e. The first-order valence-electron chi connectivity index (χ1n) is 10.5. The summed E-state index contributed by atoms with van der Waals surface area (Å²) in [4.78, 5) is 13.6. The molecule has 0 aliphatic carbocycles. The zero-order chi connectivity index (χ0) is 20.1. The van der Waals surface area contributed by atoms with Crippen LogP contribution in [0.3, 0.4) is 0 Å². The lowest BCUT2D eigenvalue weighted by molar-refractivity contribution is 0.249. The normalized spacial score (nSPS) is 16.4. The Morgan fingerprint density at radius 1 is 1.17 bits per heavy atom. The highest BCUT2D eigenvalue weighted by Gasteiger charge is 2.24. The third kappa shape index (κ3) is 4.62. The Bertz CT molecular complexity index is 940. The third-order valence-electron chi connectivity index (χ3n) is 5.52. The van der Waals surface area contributed by atoms with E-state index in [0.29, 0.717) is 12.6 Å². The van der Waals surface area contributed by atoms with Crippen LogP contribution in [0.15, 0.2) is 46.8 Å². The van der Waals surface area contributed by atoms with Gasteiger partial charge in [-0.15, -0.1) is 11.3 Å². The van der Waals surface area contributed by atoms with Crippen molar-refractivity contribution >= 4 is 28.3 Å². The van der Waals surface area contributed by atoms with Gasteiger partial charge in [-0.3, -0.25) is 4.90 Å². The summed E-state index contributed by atoms with van der Waals surface area (Å²) in [5, 5.41) is 9.13. The van der Waals surface area contributed by atoms with E-state index in [0.717, 1.165) is 35.9 Å². The maximum absolute atomic E-state index is 4.82. The summed E-state index contributed by atoms with van der Waals surface area (Å²) >= 11 is 1.84. The second-order valence-electron chi connectivity index (χ2n) is 7.43. The minimum atomic E-state index is 0.400. The van der Waals surface area contributed by atoms with Crippen LogP contribution in [-0.2, 0) is 13.6 Å². The van der Waals surface area contributed by atoms with Crippen molar-refractivity contribution in [1.29, 1.82) is 0 Å². The average Bonchev–Trinajstić information content (AvgIpc) is 3.49. The van der Waals surface area contributed by atoms with Gasteiger partial charge in [0.05, 0.1) is 17.1 Å². The second kappa shape index (κ2) is 9.41. The average molecular weight is 411 g/mol. The molecule has 1 fully saturated rings. The molecule has 0 amide bonds. The van der Waals surface area contributed by atoms with Crippen molar-refractivity contribution in [1.82, 2.24) is 25.1 Å². The molecule has 1 unspecified atom stereocenters. The van der Waals surface area contributed by atoms with Gasteiger partial charge in [0.15, 0.2) is 5.96 Å². The number of benzene rings is 1. The molecule has 4 rings (SSSR count). The molecular formula is C22H30N6S. The van der Waals surface area contributed by atoms with Gasteiger partial charge in [-0.1, -0.05) is 18.2 Å². The van der Waals surface area contributed by atoms with Gasteiger partial charge in [0.25, 0.3) is 0 Å². The number of likely N-dealkylation sites (tertiary alicyclic amines) is 1. The Labute approximate surface area is 176 Å². The highest BCUT2D eigenvalue weighted by Crippen LogP contribution is 2.27. The van der Waals surface area contributed by atoms with Gasteiger partial charge in [0.2, 0.25) is 0 Å². The van der Waals surface area contributed by atoms with Crippen LogP contribution in [0.2, 0.25) is 0 Å². The van der Waals surface area contributed by atoms with Crippen LogP contribution in [0.4, 0.5) is 0 Å². The van der Waals surface area contributed by atoms with Crippen LogP contribution in [0.25, 0.3) is 11.0 Å². The van der Waals surface area contributed by atoms with E-state index in [9.17, 15) is 0 Å². The monoisotopic (exact) mass is 410 g/mol. The van der Waals surface area contributed by atoms with Crippen LogP contribution < -0.4 is 10.6 Å². The van der Waals surface area contributed by atoms with Crippen LogP contribution in [0.5, 0.6) is 0 Å². The number of hydrogen-bond donors (Lipinski definition) is 2. The summed E-state index contributed by atoms with van der Waals surface area (Å²) in [6, 6.07) is 13.0. The van der Waals surface area contributed by atoms with E-state index >= 15 is 0 Å². The summed E-state index contributed by atoms with van der Waals surface area (Å²) in [5.74, 6) is 1.82. The van der Waals surface area contributed by atoms with Crippen LogP contribution >= 0.6 is 11.3 Å². The number of nitrogens with one attached hydrogen (secondary N) is 2. The van der Waals surface area contributed by atoms with Gasteiger partial charge in [0.1, 0.15) is 12.4 Å². The van der Waals surface area contributed by atoms with E-state index in [2.05, 4.69) is 57.7 Å². The molecule has 29 heavy (non-hydrogen) atoms. The molecular weight excluding hydrogens is 380 g/mol. The van der Waals surface area contributed by atoms with Gasteiger partial charge < -0.3 is 15.2 Å². The number of nitrogens with zero attached hydrogens (tertiary/aromatic N) is 4. The molecule has 0 spiro atoms. The Balaban J connectivity index is 1.46. The fraction of sp³-hybridized carbons (Fsp3) is 0.455. The number of aryl methyl sites for hydroxylation is 1. The summed E-state index contributed by atoms with van der Waals surface area (Å²) in [7, 11) is 2.06. The minimum Gasteiger partial charge on any atom is -0.357 e. The smallest absolute Gasteiger partial charge is 0.191 e. The molecule has 0 bridgehead atoms. The van der Waals surface area contributed by atoms with E-state index in [-0.39, 0.29) is 0 Å². The van der Waals surface area contributed by atoms with Crippen molar-refractivity contribution in [2.75, 3.05) is 26.2 Å². The van der Waals surface area contributed by atoms with Gasteiger partial charge in [0, 0.05) is 25.0 Å². The number of thiophene rings is 1. The Kier molecular flexibility index (Phi) is 6.46. The molecule has 2 N–H and O–H groups in total. The zero-order valence-corrected chi connectivity index (χ0v) is 18.1. The lowest BCUT2D eigenvalue weighted by atomic mass is 10.2. The summed E-state index contributed by atoms with van der Waals surface area (Å²) in [5.41, 5.74) is 2.16. The fourth-order valence-corrected chi connectivity index (χ4v) is 4.83. The summed E-state index contributed by atoms with van der Waals surface area (Å²) in [6.45, 7) is 6.70. The second-order valence-corrected chi connectivity index (χ2v) is 8.41. The molecule has 0 radical (unpaired) electrons. The van der Waals surface area contributed by atoms with Crippen molar-refractivity contribution in [2.24, 2.45) is 12.0 Å². The van der Waals surface area contributed by atoms with E-state index in [1.54, 1.807) is 0 Å². The third-order valence-corrected chi connectivity index (χ3v) is 6.49. The van der Waals surface area contributed by atoms with Crippen molar-refractivity contribution in [3.05, 3.63) is 52.5 Å². The van der Waals surface area contributed by atoms with E-state index < -0.39 is 0 Å². The molecule has 154 valence electrons. The summed E-state index contributed by atoms with van der Waals surface area (Å²) < 4.78 is 2.13. The Morgan fingerprint density at radius 3 is 2.72 bits per heavy atom. The first-order chi connectivity index (χ1) is 14.3. The van der Waals surface area contributed by atoms with Crippen LogP contribution in [-0.4, -0.2) is 46.6 Å². The highest BCUT2D eigenvalue weighted by molar-refractivity contribution is 7.10. The molecule has 0 saturated carbocycles. The number of imidazole rings is 1. The van der Waals surface area contributed by atoms with E-state index in [1.165, 1.54) is 30.8 Å². The molecule has 1 aliphatic rings. The molecule has 1 aliphatic heterocycles. The number of aromatic nitrogens is 2. The first-order valence-corrected chi connectivity index (χ1v) is 11.3. The van der Waals surface area contributed by atoms with Gasteiger partial charge in [-0.25, -0.2) is 9.98 Å². The summed E-state index contributed by atoms with van der Waals surface area (Å²) in [6.07, 6.45) is 2.59. The Hall–Kier alpha value is -2.38. The Morgan fingerprint density at radius 2 is 2.00 bits per heavy atom.